The third kappa shape index (κ3) is 6.75. The molecule has 0 amide bonds. The van der Waals surface area contributed by atoms with E-state index in [1.165, 1.54) is 33.4 Å². The van der Waals surface area contributed by atoms with Crippen molar-refractivity contribution in [1.29, 1.82) is 5.26 Å². The molecule has 2 heteroatoms. The molecule has 43 heavy (non-hydrogen) atoms. The zero-order valence-corrected chi connectivity index (χ0v) is 25.3. The molecule has 0 heterocycles. The van der Waals surface area contributed by atoms with Crippen LogP contribution >= 0.6 is 0 Å². The van der Waals surface area contributed by atoms with Gasteiger partial charge in [0.2, 0.25) is 0 Å². The highest BCUT2D eigenvalue weighted by atomic mass is 15.1. The molecule has 6 aromatic rings. The van der Waals surface area contributed by atoms with Gasteiger partial charge in [0.1, 0.15) is 0 Å². The van der Waals surface area contributed by atoms with E-state index in [1.807, 2.05) is 36.4 Å². The minimum Gasteiger partial charge on any atom is -0.310 e. The average Bonchev–Trinajstić information content (AvgIpc) is 3.04. The van der Waals surface area contributed by atoms with E-state index in [2.05, 4.69) is 148 Å². The summed E-state index contributed by atoms with van der Waals surface area (Å²) in [5.41, 5.74) is 13.7. The van der Waals surface area contributed by atoms with Gasteiger partial charge in [-0.2, -0.15) is 5.26 Å². The van der Waals surface area contributed by atoms with Crippen molar-refractivity contribution >= 4 is 17.1 Å². The summed E-state index contributed by atoms with van der Waals surface area (Å²) < 4.78 is 0. The largest absolute Gasteiger partial charge is 0.310 e. The lowest BCUT2D eigenvalue weighted by Crippen LogP contribution is -2.11. The van der Waals surface area contributed by atoms with Crippen molar-refractivity contribution in [3.8, 4) is 28.3 Å². The lowest BCUT2D eigenvalue weighted by Gasteiger charge is -2.28. The van der Waals surface area contributed by atoms with Crippen molar-refractivity contribution in [1.82, 2.24) is 0 Å². The van der Waals surface area contributed by atoms with E-state index < -0.39 is 0 Å². The van der Waals surface area contributed by atoms with E-state index in [1.54, 1.807) is 0 Å². The van der Waals surface area contributed by atoms with Crippen LogP contribution in [0.1, 0.15) is 27.8 Å². The van der Waals surface area contributed by atoms with Crippen molar-refractivity contribution < 1.29 is 0 Å². The maximum atomic E-state index is 9.64. The van der Waals surface area contributed by atoms with Gasteiger partial charge in [-0.05, 0) is 86.3 Å². The van der Waals surface area contributed by atoms with Crippen LogP contribution in [-0.2, 0) is 0 Å². The molecule has 6 aromatic carbocycles. The minimum absolute atomic E-state index is 0.674. The topological polar surface area (TPSA) is 27.0 Å². The Bertz CT molecular complexity index is 1770. The summed E-state index contributed by atoms with van der Waals surface area (Å²) in [6.45, 7) is 8.50. The maximum absolute atomic E-state index is 9.64. The summed E-state index contributed by atoms with van der Waals surface area (Å²) in [7, 11) is 0. The molecule has 0 atom stereocenters. The van der Waals surface area contributed by atoms with Gasteiger partial charge in [0.15, 0.2) is 0 Å². The molecule has 0 spiro atoms. The summed E-state index contributed by atoms with van der Waals surface area (Å²) in [5, 5.41) is 9.64. The zero-order chi connectivity index (χ0) is 30.2. The normalized spacial score (nSPS) is 10.3. The van der Waals surface area contributed by atoms with Crippen molar-refractivity contribution in [2.24, 2.45) is 0 Å². The first-order valence-corrected chi connectivity index (χ1v) is 14.6. The van der Waals surface area contributed by atoms with Gasteiger partial charge in [0.05, 0.1) is 17.3 Å². The first-order chi connectivity index (χ1) is 21.0. The van der Waals surface area contributed by atoms with Crippen LogP contribution in [-0.4, -0.2) is 0 Å². The Hall–Kier alpha value is -5.39. The Kier molecular flexibility index (Phi) is 9.15. The van der Waals surface area contributed by atoms with Crippen molar-refractivity contribution in [2.45, 2.75) is 27.7 Å². The third-order valence-electron chi connectivity index (χ3n) is 7.65. The van der Waals surface area contributed by atoms with E-state index in [4.69, 9.17) is 0 Å². The van der Waals surface area contributed by atoms with E-state index in [0.29, 0.717) is 5.56 Å². The molecule has 0 fully saturated rings. The highest BCUT2D eigenvalue weighted by Gasteiger charge is 2.18. The summed E-state index contributed by atoms with van der Waals surface area (Å²) in [6.07, 6.45) is 0. The number of anilines is 3. The Morgan fingerprint density at radius 1 is 0.419 bits per heavy atom. The molecule has 2 nitrogen and oxygen atoms in total. The molecule has 0 bridgehead atoms. The third-order valence-corrected chi connectivity index (χ3v) is 7.65. The van der Waals surface area contributed by atoms with E-state index in [9.17, 15) is 5.26 Å². The second kappa shape index (κ2) is 13.5. The van der Waals surface area contributed by atoms with Crippen molar-refractivity contribution in [3.05, 3.63) is 173 Å². The molecular weight excluding hydrogens is 520 g/mol. The van der Waals surface area contributed by atoms with Crippen LogP contribution in [0.25, 0.3) is 22.3 Å². The number of nitrogens with zero attached hydrogens (tertiary/aromatic N) is 2. The fourth-order valence-electron chi connectivity index (χ4n) is 5.28. The van der Waals surface area contributed by atoms with Crippen LogP contribution in [0, 0.1) is 39.0 Å². The smallest absolute Gasteiger partial charge is 0.0998 e. The summed E-state index contributed by atoms with van der Waals surface area (Å²) in [5.74, 6) is 0. The van der Waals surface area contributed by atoms with Gasteiger partial charge in [-0.25, -0.2) is 0 Å². The SMILES string of the molecule is Cc1ccc(N(c2ccc(C)cc2)c2ccccc2-c2ccccc2C#N)cc1.Cc1ccccc1-c1ccccc1C. The summed E-state index contributed by atoms with van der Waals surface area (Å²) in [4.78, 5) is 2.25. The van der Waals surface area contributed by atoms with Gasteiger partial charge in [-0.15, -0.1) is 0 Å². The number of aryl methyl sites for hydroxylation is 4. The Balaban J connectivity index is 0.000000220. The number of nitriles is 1. The number of rotatable bonds is 5. The number of benzene rings is 6. The predicted molar refractivity (Wildman–Crippen MR) is 182 cm³/mol. The second-order valence-corrected chi connectivity index (χ2v) is 10.8. The minimum atomic E-state index is 0.674. The van der Waals surface area contributed by atoms with Gasteiger partial charge in [0.25, 0.3) is 0 Å². The van der Waals surface area contributed by atoms with Crippen LogP contribution in [0.15, 0.2) is 146 Å². The molecule has 0 N–H and O–H groups in total. The summed E-state index contributed by atoms with van der Waals surface area (Å²) in [6, 6.07) is 52.5. The molecule has 0 aliphatic carbocycles. The van der Waals surface area contributed by atoms with Gasteiger partial charge in [-0.3, -0.25) is 0 Å². The fourth-order valence-corrected chi connectivity index (χ4v) is 5.28. The molecular formula is C41H36N2. The second-order valence-electron chi connectivity index (χ2n) is 10.8. The van der Waals surface area contributed by atoms with Crippen LogP contribution < -0.4 is 4.90 Å². The van der Waals surface area contributed by atoms with Gasteiger partial charge in [0, 0.05) is 22.5 Å². The predicted octanol–water partition coefficient (Wildman–Crippen LogP) is 11.3. The fraction of sp³-hybridized carbons (Fsp3) is 0.0976. The van der Waals surface area contributed by atoms with Crippen LogP contribution in [0.2, 0.25) is 0 Å². The zero-order valence-electron chi connectivity index (χ0n) is 25.3. The van der Waals surface area contributed by atoms with Crippen molar-refractivity contribution in [3.63, 3.8) is 0 Å². The number of hydrogen-bond donors (Lipinski definition) is 0. The van der Waals surface area contributed by atoms with Gasteiger partial charge < -0.3 is 4.90 Å². The van der Waals surface area contributed by atoms with E-state index in [0.717, 1.165) is 28.2 Å². The Morgan fingerprint density at radius 3 is 1.28 bits per heavy atom. The quantitative estimate of drug-likeness (QED) is 0.211. The van der Waals surface area contributed by atoms with Crippen molar-refractivity contribution in [2.75, 3.05) is 4.90 Å². The molecule has 0 saturated carbocycles. The van der Waals surface area contributed by atoms with Gasteiger partial charge in [-0.1, -0.05) is 120 Å². The van der Waals surface area contributed by atoms with Crippen LogP contribution in [0.3, 0.4) is 0 Å². The highest BCUT2D eigenvalue weighted by molar-refractivity contribution is 5.89. The molecule has 0 aliphatic rings. The lowest BCUT2D eigenvalue weighted by molar-refractivity contribution is 1.27. The van der Waals surface area contributed by atoms with E-state index in [-0.39, 0.29) is 0 Å². The molecule has 210 valence electrons. The Labute approximate surface area is 256 Å². The van der Waals surface area contributed by atoms with Gasteiger partial charge >= 0.3 is 0 Å². The maximum Gasteiger partial charge on any atom is 0.0998 e. The molecule has 0 unspecified atom stereocenters. The average molecular weight is 557 g/mol. The lowest BCUT2D eigenvalue weighted by atomic mass is 9.97. The molecule has 6 rings (SSSR count). The molecule has 0 radical (unpaired) electrons. The molecule has 0 aromatic heterocycles. The Morgan fingerprint density at radius 2 is 0.814 bits per heavy atom. The number of hydrogen-bond acceptors (Lipinski definition) is 2. The summed E-state index contributed by atoms with van der Waals surface area (Å²) >= 11 is 0. The van der Waals surface area contributed by atoms with Crippen LogP contribution in [0.5, 0.6) is 0 Å². The van der Waals surface area contributed by atoms with E-state index >= 15 is 0 Å². The first-order valence-electron chi connectivity index (χ1n) is 14.6. The highest BCUT2D eigenvalue weighted by Crippen LogP contribution is 2.41. The number of para-hydroxylation sites is 1. The molecule has 0 saturated heterocycles. The van der Waals surface area contributed by atoms with Crippen LogP contribution in [0.4, 0.5) is 17.1 Å². The first kappa shape index (κ1) is 29.1. The molecule has 0 aliphatic heterocycles. The monoisotopic (exact) mass is 556 g/mol. The standard InChI is InChI=1S/C27H22N2.C14H14/c1-20-11-15-23(16-12-20)29(24-17-13-21(2)14-18-24)27-10-6-5-9-26(27)25-8-4-3-7-22(25)19-28;1-11-7-3-5-9-13(11)14-10-6-4-8-12(14)2/h3-18H,1-2H3;3-10H,1-2H3.